The molecule has 1 fully saturated rings. The van der Waals surface area contributed by atoms with Crippen molar-refractivity contribution < 1.29 is 24.5 Å². The van der Waals surface area contributed by atoms with Crippen molar-refractivity contribution in [1.82, 2.24) is 9.80 Å². The van der Waals surface area contributed by atoms with Crippen LogP contribution in [0.15, 0.2) is 54.1 Å². The van der Waals surface area contributed by atoms with Crippen molar-refractivity contribution in [3.05, 3.63) is 85.5 Å². The molecule has 0 unspecified atom stereocenters. The molecule has 1 aliphatic heterocycles. The Bertz CT molecular complexity index is 1140. The summed E-state index contributed by atoms with van der Waals surface area (Å²) in [6.45, 7) is 6.11. The molecule has 2 aromatic rings. The summed E-state index contributed by atoms with van der Waals surface area (Å²) in [6, 6.07) is 9.43. The molecule has 1 amide bonds. The number of Topliss-reactive ketones (excluding diaryl/α,β-unsaturated/α-hetero) is 1. The third kappa shape index (κ3) is 4.79. The van der Waals surface area contributed by atoms with Gasteiger partial charge in [0.1, 0.15) is 5.76 Å². The molecule has 1 heterocycles. The zero-order valence-electron chi connectivity index (χ0n) is 18.7. The number of carbonyl (C=O) groups is 2. The highest BCUT2D eigenvalue weighted by molar-refractivity contribution is 6.46. The van der Waals surface area contributed by atoms with Crippen LogP contribution < -0.4 is 0 Å². The van der Waals surface area contributed by atoms with Gasteiger partial charge in [-0.25, -0.2) is 0 Å². The first-order valence-electron chi connectivity index (χ1n) is 10.7. The summed E-state index contributed by atoms with van der Waals surface area (Å²) in [5, 5.41) is 33.0. The van der Waals surface area contributed by atoms with Crippen molar-refractivity contribution in [2.45, 2.75) is 19.9 Å². The van der Waals surface area contributed by atoms with Gasteiger partial charge in [0.25, 0.3) is 23.1 Å². The van der Waals surface area contributed by atoms with E-state index in [0.717, 1.165) is 13.1 Å². The van der Waals surface area contributed by atoms with Crippen LogP contribution in [-0.2, 0) is 9.59 Å². The zero-order chi connectivity index (χ0) is 25.0. The lowest BCUT2D eigenvalue weighted by molar-refractivity contribution is -0.385. The van der Waals surface area contributed by atoms with Crippen LogP contribution in [0.5, 0.6) is 0 Å². The number of aliphatic hydroxyl groups is 1. The minimum atomic E-state index is -0.966. The van der Waals surface area contributed by atoms with Gasteiger partial charge in [0.2, 0.25) is 0 Å². The Labute approximate surface area is 195 Å². The molecule has 178 valence electrons. The predicted molar refractivity (Wildman–Crippen MR) is 123 cm³/mol. The second kappa shape index (κ2) is 10.2. The molecular weight excluding hydrogens is 444 g/mol. The highest BCUT2D eigenvalue weighted by Gasteiger charge is 2.46. The summed E-state index contributed by atoms with van der Waals surface area (Å²) >= 11 is 0. The van der Waals surface area contributed by atoms with E-state index in [4.69, 9.17) is 0 Å². The lowest BCUT2D eigenvalue weighted by Gasteiger charge is -2.28. The maximum absolute atomic E-state index is 13.0. The Morgan fingerprint density at radius 2 is 1.44 bits per heavy atom. The summed E-state index contributed by atoms with van der Waals surface area (Å²) in [7, 11) is 0. The van der Waals surface area contributed by atoms with Crippen LogP contribution in [0.4, 0.5) is 11.4 Å². The van der Waals surface area contributed by atoms with Gasteiger partial charge in [-0.15, -0.1) is 0 Å². The lowest BCUT2D eigenvalue weighted by atomic mass is 9.95. The van der Waals surface area contributed by atoms with Gasteiger partial charge in [-0.3, -0.25) is 29.8 Å². The Morgan fingerprint density at radius 3 is 1.91 bits per heavy atom. The van der Waals surface area contributed by atoms with E-state index in [1.165, 1.54) is 53.4 Å². The zero-order valence-corrected chi connectivity index (χ0v) is 18.7. The SMILES string of the molecule is CCN(CC)CCN1C(=O)C(=O)C(=C(O)c2ccc([N+](=O)[O-])cc2)[C@@H]1c1ccc([N+](=O)[O-])cc1. The molecule has 34 heavy (non-hydrogen) atoms. The van der Waals surface area contributed by atoms with Crippen LogP contribution >= 0.6 is 0 Å². The molecular formula is C23H24N4O7. The van der Waals surface area contributed by atoms with E-state index in [1.807, 2.05) is 13.8 Å². The quantitative estimate of drug-likeness (QED) is 0.194. The maximum atomic E-state index is 13.0. The van der Waals surface area contributed by atoms with Gasteiger partial charge in [-0.1, -0.05) is 13.8 Å². The Hall–Kier alpha value is -4.12. The van der Waals surface area contributed by atoms with E-state index in [2.05, 4.69) is 4.90 Å². The normalized spacial score (nSPS) is 17.4. The van der Waals surface area contributed by atoms with E-state index < -0.39 is 33.3 Å². The molecule has 1 N–H and O–H groups in total. The lowest BCUT2D eigenvalue weighted by Crippen LogP contribution is -2.38. The van der Waals surface area contributed by atoms with Crippen LogP contribution in [0.3, 0.4) is 0 Å². The van der Waals surface area contributed by atoms with Crippen LogP contribution in [0.1, 0.15) is 31.0 Å². The number of amides is 1. The first-order chi connectivity index (χ1) is 16.2. The molecule has 2 aromatic carbocycles. The highest BCUT2D eigenvalue weighted by atomic mass is 16.6. The van der Waals surface area contributed by atoms with Crippen LogP contribution in [0.2, 0.25) is 0 Å². The maximum Gasteiger partial charge on any atom is 0.295 e. The summed E-state index contributed by atoms with van der Waals surface area (Å²) < 4.78 is 0. The number of hydrogen-bond donors (Lipinski definition) is 1. The van der Waals surface area contributed by atoms with Crippen molar-refractivity contribution in [1.29, 1.82) is 0 Å². The number of aliphatic hydroxyl groups excluding tert-OH is 1. The Balaban J connectivity index is 2.10. The number of likely N-dealkylation sites (tertiary alicyclic amines) is 1. The molecule has 0 radical (unpaired) electrons. The van der Waals surface area contributed by atoms with Crippen molar-refractivity contribution in [2.24, 2.45) is 0 Å². The average molecular weight is 468 g/mol. The summed E-state index contributed by atoms with van der Waals surface area (Å²) in [4.78, 5) is 50.2. The molecule has 0 spiro atoms. The monoisotopic (exact) mass is 468 g/mol. The van der Waals surface area contributed by atoms with Gasteiger partial charge in [0.15, 0.2) is 0 Å². The molecule has 1 aliphatic rings. The van der Waals surface area contributed by atoms with Crippen molar-refractivity contribution in [2.75, 3.05) is 26.2 Å². The van der Waals surface area contributed by atoms with Crippen LogP contribution in [-0.4, -0.2) is 62.6 Å². The van der Waals surface area contributed by atoms with Gasteiger partial charge >= 0.3 is 0 Å². The second-order valence-corrected chi connectivity index (χ2v) is 7.67. The minimum absolute atomic E-state index is 0.138. The smallest absolute Gasteiger partial charge is 0.295 e. The molecule has 3 rings (SSSR count). The summed E-state index contributed by atoms with van der Waals surface area (Å²) in [6.07, 6.45) is 0. The fourth-order valence-electron chi connectivity index (χ4n) is 3.92. The molecule has 1 saturated heterocycles. The van der Waals surface area contributed by atoms with E-state index in [1.54, 1.807) is 0 Å². The van der Waals surface area contributed by atoms with Crippen molar-refractivity contribution in [3.63, 3.8) is 0 Å². The fraction of sp³-hybridized carbons (Fsp3) is 0.304. The summed E-state index contributed by atoms with van der Waals surface area (Å²) in [5.74, 6) is -2.15. The molecule has 0 bridgehead atoms. The first-order valence-corrected chi connectivity index (χ1v) is 10.7. The van der Waals surface area contributed by atoms with Crippen molar-refractivity contribution in [3.8, 4) is 0 Å². The number of likely N-dealkylation sites (N-methyl/N-ethyl adjacent to an activating group) is 1. The third-order valence-electron chi connectivity index (χ3n) is 5.86. The molecule has 0 aromatic heterocycles. The number of rotatable bonds is 9. The molecule has 11 nitrogen and oxygen atoms in total. The Morgan fingerprint density at radius 1 is 0.941 bits per heavy atom. The van der Waals surface area contributed by atoms with Gasteiger partial charge in [0, 0.05) is 42.9 Å². The molecule has 0 aliphatic carbocycles. The minimum Gasteiger partial charge on any atom is -0.507 e. The van der Waals surface area contributed by atoms with Crippen molar-refractivity contribution >= 4 is 28.8 Å². The molecule has 1 atom stereocenters. The fourth-order valence-corrected chi connectivity index (χ4v) is 3.92. The number of carbonyl (C=O) groups excluding carboxylic acids is 2. The number of nitrogens with zero attached hydrogens (tertiary/aromatic N) is 4. The van der Waals surface area contributed by atoms with Crippen LogP contribution in [0, 0.1) is 20.2 Å². The molecule has 0 saturated carbocycles. The highest BCUT2D eigenvalue weighted by Crippen LogP contribution is 2.39. The Kier molecular flexibility index (Phi) is 7.37. The number of nitro groups is 2. The number of hydrogen-bond acceptors (Lipinski definition) is 8. The van der Waals surface area contributed by atoms with Gasteiger partial charge in [0.05, 0.1) is 21.5 Å². The van der Waals surface area contributed by atoms with Crippen LogP contribution in [0.25, 0.3) is 5.76 Å². The average Bonchev–Trinajstić information content (AvgIpc) is 3.09. The third-order valence-corrected chi connectivity index (χ3v) is 5.86. The van der Waals surface area contributed by atoms with Gasteiger partial charge in [-0.2, -0.15) is 0 Å². The first kappa shape index (κ1) is 24.5. The van der Waals surface area contributed by atoms with Gasteiger partial charge < -0.3 is 14.9 Å². The predicted octanol–water partition coefficient (Wildman–Crippen LogP) is 3.27. The second-order valence-electron chi connectivity index (χ2n) is 7.67. The van der Waals surface area contributed by atoms with E-state index in [9.17, 15) is 34.9 Å². The van der Waals surface area contributed by atoms with E-state index in [-0.39, 0.29) is 29.1 Å². The topological polar surface area (TPSA) is 147 Å². The molecule has 11 heteroatoms. The van der Waals surface area contributed by atoms with E-state index in [0.29, 0.717) is 12.1 Å². The largest absolute Gasteiger partial charge is 0.507 e. The summed E-state index contributed by atoms with van der Waals surface area (Å²) in [5.41, 5.74) is 0.0432. The number of ketones is 1. The standard InChI is InChI=1S/C23H24N4O7/c1-3-24(4-2)13-14-25-20(15-5-9-17(10-6-15)26(31)32)19(22(29)23(25)30)21(28)16-7-11-18(12-8-16)27(33)34/h5-12,20,28H,3-4,13-14H2,1-2H3/t20-/m0/s1. The number of benzene rings is 2. The number of non-ortho nitro benzene ring substituents is 2. The number of nitro benzene ring substituents is 2. The van der Waals surface area contributed by atoms with E-state index >= 15 is 0 Å². The van der Waals surface area contributed by atoms with Gasteiger partial charge in [-0.05, 0) is 42.9 Å².